The number of hydrogen-bond donors (Lipinski definition) is 1. The van der Waals surface area contributed by atoms with E-state index in [1.165, 1.54) is 0 Å². The van der Waals surface area contributed by atoms with Crippen molar-refractivity contribution in [3.63, 3.8) is 0 Å². The molecule has 0 aliphatic rings. The Hall–Kier alpha value is -0.860. The third-order valence-corrected chi connectivity index (χ3v) is 3.15. The second-order valence-corrected chi connectivity index (χ2v) is 4.08. The Kier molecular flexibility index (Phi) is 4.30. The number of ether oxygens (including phenoxy) is 1. The fourth-order valence-electron chi connectivity index (χ4n) is 1.57. The van der Waals surface area contributed by atoms with Gasteiger partial charge in [0, 0.05) is 13.5 Å². The van der Waals surface area contributed by atoms with E-state index in [9.17, 15) is 5.11 Å². The van der Waals surface area contributed by atoms with E-state index in [1.807, 2.05) is 44.2 Å². The minimum Gasteiger partial charge on any atom is -0.390 e. The zero-order chi connectivity index (χ0) is 11.3. The molecular formula is C13H20O2. The second kappa shape index (κ2) is 5.29. The molecule has 2 unspecified atom stereocenters. The van der Waals surface area contributed by atoms with Gasteiger partial charge < -0.3 is 9.84 Å². The molecule has 2 nitrogen and oxygen atoms in total. The summed E-state index contributed by atoms with van der Waals surface area (Å²) >= 11 is 0. The van der Waals surface area contributed by atoms with Crippen molar-refractivity contribution in [1.29, 1.82) is 0 Å². The fourth-order valence-corrected chi connectivity index (χ4v) is 1.57. The molecule has 0 amide bonds. The van der Waals surface area contributed by atoms with Crippen LogP contribution in [0.3, 0.4) is 0 Å². The normalized spacial score (nSPS) is 17.1. The Morgan fingerprint density at radius 1 is 1.33 bits per heavy atom. The van der Waals surface area contributed by atoms with Crippen molar-refractivity contribution in [3.05, 3.63) is 35.9 Å². The highest BCUT2D eigenvalue weighted by atomic mass is 16.5. The van der Waals surface area contributed by atoms with Gasteiger partial charge in [-0.25, -0.2) is 0 Å². The van der Waals surface area contributed by atoms with Crippen LogP contribution in [0.4, 0.5) is 0 Å². The second-order valence-electron chi connectivity index (χ2n) is 4.08. The van der Waals surface area contributed by atoms with Gasteiger partial charge in [0.25, 0.3) is 0 Å². The van der Waals surface area contributed by atoms with Gasteiger partial charge in [0.15, 0.2) is 0 Å². The number of aliphatic hydroxyl groups excluding tert-OH is 1. The largest absolute Gasteiger partial charge is 0.390 e. The van der Waals surface area contributed by atoms with Crippen LogP contribution in [-0.4, -0.2) is 23.9 Å². The maximum Gasteiger partial charge on any atom is 0.0909 e. The quantitative estimate of drug-likeness (QED) is 0.805. The zero-order valence-corrected chi connectivity index (χ0v) is 9.73. The molecule has 1 N–H and O–H groups in total. The van der Waals surface area contributed by atoms with Crippen LogP contribution in [0.1, 0.15) is 25.8 Å². The van der Waals surface area contributed by atoms with Crippen molar-refractivity contribution in [2.24, 2.45) is 0 Å². The Morgan fingerprint density at radius 3 is 2.40 bits per heavy atom. The summed E-state index contributed by atoms with van der Waals surface area (Å²) in [6, 6.07) is 9.99. The topological polar surface area (TPSA) is 29.5 Å². The molecule has 0 saturated carbocycles. The van der Waals surface area contributed by atoms with E-state index in [2.05, 4.69) is 0 Å². The minimum absolute atomic E-state index is 0.449. The Bertz CT molecular complexity index is 278. The first-order chi connectivity index (χ1) is 7.12. The van der Waals surface area contributed by atoms with Crippen LogP contribution >= 0.6 is 0 Å². The molecule has 84 valence electrons. The molecule has 0 aliphatic heterocycles. The van der Waals surface area contributed by atoms with E-state index < -0.39 is 11.7 Å². The number of benzene rings is 1. The molecule has 1 rings (SSSR count). The molecule has 1 aromatic carbocycles. The van der Waals surface area contributed by atoms with Gasteiger partial charge in [-0.3, -0.25) is 0 Å². The van der Waals surface area contributed by atoms with E-state index in [-0.39, 0.29) is 0 Å². The van der Waals surface area contributed by atoms with Crippen molar-refractivity contribution in [3.8, 4) is 0 Å². The number of methoxy groups -OCH3 is 1. The van der Waals surface area contributed by atoms with E-state index in [1.54, 1.807) is 7.11 Å². The smallest absolute Gasteiger partial charge is 0.0909 e. The first kappa shape index (κ1) is 12.2. The van der Waals surface area contributed by atoms with Crippen LogP contribution in [0.15, 0.2) is 30.3 Å². The summed E-state index contributed by atoms with van der Waals surface area (Å²) in [4.78, 5) is 0. The molecule has 2 heteroatoms. The summed E-state index contributed by atoms with van der Waals surface area (Å²) in [6.07, 6.45) is 0.978. The van der Waals surface area contributed by atoms with Crippen LogP contribution in [0.2, 0.25) is 0 Å². The van der Waals surface area contributed by atoms with Crippen molar-refractivity contribution in [2.45, 2.75) is 38.4 Å². The minimum atomic E-state index is -0.463. The maximum atomic E-state index is 10.1. The molecule has 0 saturated heterocycles. The molecule has 1 aromatic rings. The predicted octanol–water partition coefficient (Wildman–Crippen LogP) is 2.41. The lowest BCUT2D eigenvalue weighted by Crippen LogP contribution is -2.41. The highest BCUT2D eigenvalue weighted by Gasteiger charge is 2.30. The van der Waals surface area contributed by atoms with Gasteiger partial charge in [-0.05, 0) is 18.9 Å². The van der Waals surface area contributed by atoms with Gasteiger partial charge in [-0.1, -0.05) is 37.3 Å². The van der Waals surface area contributed by atoms with E-state index in [0.717, 1.165) is 12.0 Å². The van der Waals surface area contributed by atoms with Crippen molar-refractivity contribution >= 4 is 0 Å². The average molecular weight is 208 g/mol. The predicted molar refractivity (Wildman–Crippen MR) is 61.9 cm³/mol. The highest BCUT2D eigenvalue weighted by Crippen LogP contribution is 2.22. The fraction of sp³-hybridized carbons (Fsp3) is 0.538. The lowest BCUT2D eigenvalue weighted by Gasteiger charge is -2.32. The lowest BCUT2D eigenvalue weighted by molar-refractivity contribution is -0.0914. The number of aliphatic hydroxyl groups is 1. The van der Waals surface area contributed by atoms with Crippen LogP contribution in [-0.2, 0) is 11.2 Å². The van der Waals surface area contributed by atoms with Crippen LogP contribution in [0.5, 0.6) is 0 Å². The molecule has 0 heterocycles. The number of rotatable bonds is 5. The molecule has 2 atom stereocenters. The molecule has 0 radical (unpaired) electrons. The highest BCUT2D eigenvalue weighted by molar-refractivity contribution is 5.16. The molecule has 15 heavy (non-hydrogen) atoms. The van der Waals surface area contributed by atoms with Crippen LogP contribution in [0, 0.1) is 0 Å². The van der Waals surface area contributed by atoms with Crippen molar-refractivity contribution in [1.82, 2.24) is 0 Å². The van der Waals surface area contributed by atoms with E-state index in [0.29, 0.717) is 6.42 Å². The molecule has 0 aliphatic carbocycles. The molecular weight excluding hydrogens is 188 g/mol. The Labute approximate surface area is 91.9 Å². The summed E-state index contributed by atoms with van der Waals surface area (Å²) < 4.78 is 5.37. The monoisotopic (exact) mass is 208 g/mol. The summed E-state index contributed by atoms with van der Waals surface area (Å²) in [5.41, 5.74) is 0.692. The standard InChI is InChI=1S/C13H20O2/c1-4-13(2,15-3)12(14)10-11-8-6-5-7-9-11/h5-9,12,14H,4,10H2,1-3H3. The summed E-state index contributed by atoms with van der Waals surface area (Å²) in [5.74, 6) is 0. The summed E-state index contributed by atoms with van der Waals surface area (Å²) in [5, 5.41) is 10.1. The molecule has 0 spiro atoms. The third kappa shape index (κ3) is 3.05. The molecule has 0 fully saturated rings. The summed E-state index contributed by atoms with van der Waals surface area (Å²) in [6.45, 7) is 3.97. The third-order valence-electron chi connectivity index (χ3n) is 3.15. The van der Waals surface area contributed by atoms with Gasteiger partial charge in [-0.15, -0.1) is 0 Å². The zero-order valence-electron chi connectivity index (χ0n) is 9.73. The maximum absolute atomic E-state index is 10.1. The molecule has 0 aromatic heterocycles. The van der Waals surface area contributed by atoms with Gasteiger partial charge in [-0.2, -0.15) is 0 Å². The SMILES string of the molecule is CCC(C)(OC)C(O)Cc1ccccc1. The van der Waals surface area contributed by atoms with Gasteiger partial charge in [0.1, 0.15) is 0 Å². The van der Waals surface area contributed by atoms with Crippen molar-refractivity contribution < 1.29 is 9.84 Å². The first-order valence-electron chi connectivity index (χ1n) is 5.39. The van der Waals surface area contributed by atoms with Crippen molar-refractivity contribution in [2.75, 3.05) is 7.11 Å². The number of hydrogen-bond acceptors (Lipinski definition) is 2. The van der Waals surface area contributed by atoms with Crippen LogP contribution in [0.25, 0.3) is 0 Å². The average Bonchev–Trinajstić information content (AvgIpc) is 2.29. The molecule has 0 bridgehead atoms. The van der Waals surface area contributed by atoms with E-state index >= 15 is 0 Å². The first-order valence-corrected chi connectivity index (χ1v) is 5.39. The van der Waals surface area contributed by atoms with Gasteiger partial charge in [0.2, 0.25) is 0 Å². The van der Waals surface area contributed by atoms with Crippen LogP contribution < -0.4 is 0 Å². The van der Waals surface area contributed by atoms with Gasteiger partial charge in [0.05, 0.1) is 11.7 Å². The Morgan fingerprint density at radius 2 is 1.93 bits per heavy atom. The Balaban J connectivity index is 2.66. The van der Waals surface area contributed by atoms with E-state index in [4.69, 9.17) is 4.74 Å². The lowest BCUT2D eigenvalue weighted by atomic mass is 9.91. The van der Waals surface area contributed by atoms with Gasteiger partial charge >= 0.3 is 0 Å². The summed E-state index contributed by atoms with van der Waals surface area (Å²) in [7, 11) is 1.65.